The third-order valence-corrected chi connectivity index (χ3v) is 5.42. The van der Waals surface area contributed by atoms with E-state index in [1.807, 2.05) is 44.3 Å². The number of rotatable bonds is 7. The van der Waals surface area contributed by atoms with Crippen molar-refractivity contribution in [3.8, 4) is 17.1 Å². The van der Waals surface area contributed by atoms with E-state index in [1.165, 1.54) is 5.57 Å². The quantitative estimate of drug-likeness (QED) is 0.346. The molecule has 5 rings (SSSR count). The molecular formula is C23H24N8O2. The molecule has 0 saturated heterocycles. The van der Waals surface area contributed by atoms with Crippen molar-refractivity contribution in [3.05, 3.63) is 59.9 Å². The number of carbonyl (C=O) groups excluding carboxylic acids is 1. The van der Waals surface area contributed by atoms with Gasteiger partial charge in [-0.3, -0.25) is 19.9 Å². The van der Waals surface area contributed by atoms with Gasteiger partial charge in [-0.2, -0.15) is 10.1 Å². The molecule has 0 radical (unpaired) electrons. The van der Waals surface area contributed by atoms with Gasteiger partial charge in [-0.25, -0.2) is 0 Å². The fourth-order valence-electron chi connectivity index (χ4n) is 3.77. The Kier molecular flexibility index (Phi) is 5.49. The molecule has 33 heavy (non-hydrogen) atoms. The van der Waals surface area contributed by atoms with E-state index in [4.69, 9.17) is 4.74 Å². The lowest BCUT2D eigenvalue weighted by molar-refractivity contribution is -0.122. The van der Waals surface area contributed by atoms with Crippen LogP contribution >= 0.6 is 0 Å². The summed E-state index contributed by atoms with van der Waals surface area (Å²) in [6.07, 6.45) is 1.77. The molecule has 4 N–H and O–H groups in total. The molecule has 1 amide bonds. The largest absolute Gasteiger partial charge is 0.484 e. The van der Waals surface area contributed by atoms with E-state index in [9.17, 15) is 4.79 Å². The third kappa shape index (κ3) is 4.70. The number of nitrogens with zero attached hydrogens (tertiary/aromatic N) is 4. The third-order valence-electron chi connectivity index (χ3n) is 5.42. The van der Waals surface area contributed by atoms with Gasteiger partial charge in [-0.15, -0.1) is 5.10 Å². The first-order valence-corrected chi connectivity index (χ1v) is 10.6. The van der Waals surface area contributed by atoms with Crippen molar-refractivity contribution >= 4 is 28.4 Å². The van der Waals surface area contributed by atoms with Crippen LogP contribution < -0.4 is 15.4 Å². The van der Waals surface area contributed by atoms with Crippen LogP contribution in [-0.4, -0.2) is 62.9 Å². The lowest BCUT2D eigenvalue weighted by Gasteiger charge is -2.10. The predicted octanol–water partition coefficient (Wildman–Crippen LogP) is 2.81. The molecule has 1 aliphatic rings. The number of likely N-dealkylation sites (N-methyl/N-ethyl adjacent to an activating group) is 1. The summed E-state index contributed by atoms with van der Waals surface area (Å²) < 4.78 is 5.63. The molecule has 10 heteroatoms. The van der Waals surface area contributed by atoms with Gasteiger partial charge < -0.3 is 15.4 Å². The molecule has 0 aliphatic carbocycles. The average Bonchev–Trinajstić information content (AvgIpc) is 3.53. The topological polar surface area (TPSA) is 124 Å². The number of benzene rings is 2. The zero-order valence-corrected chi connectivity index (χ0v) is 18.3. The highest BCUT2D eigenvalue weighted by Gasteiger charge is 2.17. The van der Waals surface area contributed by atoms with Gasteiger partial charge in [0.25, 0.3) is 5.91 Å². The van der Waals surface area contributed by atoms with Crippen LogP contribution in [0, 0.1) is 0 Å². The minimum absolute atomic E-state index is 0.0444. The maximum atomic E-state index is 12.2. The highest BCUT2D eigenvalue weighted by Crippen LogP contribution is 2.23. The number of hydrogen-bond acceptors (Lipinski definition) is 7. The van der Waals surface area contributed by atoms with Gasteiger partial charge in [0.1, 0.15) is 5.75 Å². The van der Waals surface area contributed by atoms with E-state index < -0.39 is 0 Å². The van der Waals surface area contributed by atoms with Crippen molar-refractivity contribution < 1.29 is 9.53 Å². The Morgan fingerprint density at radius 3 is 2.79 bits per heavy atom. The van der Waals surface area contributed by atoms with E-state index in [0.717, 1.165) is 40.9 Å². The van der Waals surface area contributed by atoms with Crippen LogP contribution in [0.5, 0.6) is 5.75 Å². The summed E-state index contributed by atoms with van der Waals surface area (Å²) >= 11 is 0. The van der Waals surface area contributed by atoms with Gasteiger partial charge in [0.05, 0.1) is 11.7 Å². The molecule has 4 aromatic rings. The number of hydrogen-bond donors (Lipinski definition) is 4. The second-order valence-corrected chi connectivity index (χ2v) is 8.10. The Hall–Kier alpha value is -4.18. The Balaban J connectivity index is 1.17. The van der Waals surface area contributed by atoms with Crippen molar-refractivity contribution in [3.63, 3.8) is 0 Å². The fraction of sp³-hybridized carbons (Fsp3) is 0.217. The van der Waals surface area contributed by atoms with Gasteiger partial charge in [0, 0.05) is 35.4 Å². The summed E-state index contributed by atoms with van der Waals surface area (Å²) in [5, 5.41) is 21.2. The normalized spacial score (nSPS) is 14.1. The second-order valence-electron chi connectivity index (χ2n) is 8.10. The zero-order valence-electron chi connectivity index (χ0n) is 18.3. The summed E-state index contributed by atoms with van der Waals surface area (Å²) in [4.78, 5) is 18.8. The molecule has 0 bridgehead atoms. The van der Waals surface area contributed by atoms with Crippen molar-refractivity contribution in [1.82, 2.24) is 35.6 Å². The monoisotopic (exact) mass is 444 g/mol. The van der Waals surface area contributed by atoms with Crippen LogP contribution in [0.25, 0.3) is 22.3 Å². The van der Waals surface area contributed by atoms with Crippen molar-refractivity contribution in [2.45, 2.75) is 6.92 Å². The number of fused-ring (bicyclic) bond motifs is 1. The fourth-order valence-corrected chi connectivity index (χ4v) is 3.77. The molecule has 2 aromatic heterocycles. The number of aromatic nitrogens is 5. The smallest absolute Gasteiger partial charge is 0.262 e. The SMILES string of the molecule is CC1=C(NC(=O)COc2ccc(-c3nc(Nc4ccc5[nH]ncc5c4)n[nH]3)cc2)CN(C)C1. The number of H-pyrrole nitrogens is 2. The first kappa shape index (κ1) is 20.7. The molecule has 3 heterocycles. The summed E-state index contributed by atoms with van der Waals surface area (Å²) in [5.74, 6) is 1.53. The van der Waals surface area contributed by atoms with Crippen LogP contribution in [0.2, 0.25) is 0 Å². The summed E-state index contributed by atoms with van der Waals surface area (Å²) in [6.45, 7) is 3.60. The minimum atomic E-state index is -0.164. The number of ether oxygens (including phenoxy) is 1. The van der Waals surface area contributed by atoms with Crippen LogP contribution in [0.3, 0.4) is 0 Å². The van der Waals surface area contributed by atoms with E-state index in [2.05, 4.69) is 40.9 Å². The van der Waals surface area contributed by atoms with Gasteiger partial charge in [-0.05, 0) is 62.0 Å². The molecule has 0 unspecified atom stereocenters. The summed E-state index contributed by atoms with van der Waals surface area (Å²) in [5.41, 5.74) is 4.83. The average molecular weight is 444 g/mol. The Morgan fingerprint density at radius 1 is 1.15 bits per heavy atom. The zero-order chi connectivity index (χ0) is 22.8. The molecule has 0 saturated carbocycles. The van der Waals surface area contributed by atoms with Gasteiger partial charge >= 0.3 is 0 Å². The standard InChI is InChI=1S/C23H24N8O2/c1-14-11-31(2)12-20(14)26-21(32)13-33-18-6-3-15(4-7-18)22-27-23(30-29-22)25-17-5-8-19-16(9-17)10-24-28-19/h3-10H,11-13H2,1-2H3,(H,24,28)(H,26,32)(H2,25,27,29,30). The lowest BCUT2D eigenvalue weighted by atomic mass is 10.2. The maximum Gasteiger partial charge on any atom is 0.262 e. The number of amides is 1. The second kappa shape index (κ2) is 8.75. The molecule has 2 aromatic carbocycles. The minimum Gasteiger partial charge on any atom is -0.484 e. The molecule has 0 fully saturated rings. The van der Waals surface area contributed by atoms with Crippen LogP contribution in [0.1, 0.15) is 6.92 Å². The Labute approximate surface area is 190 Å². The van der Waals surface area contributed by atoms with Crippen LogP contribution in [0.15, 0.2) is 59.9 Å². The van der Waals surface area contributed by atoms with E-state index in [0.29, 0.717) is 17.5 Å². The first-order valence-electron chi connectivity index (χ1n) is 10.6. The van der Waals surface area contributed by atoms with Crippen LogP contribution in [0.4, 0.5) is 11.6 Å². The molecule has 0 atom stereocenters. The van der Waals surface area contributed by atoms with E-state index >= 15 is 0 Å². The van der Waals surface area contributed by atoms with E-state index in [-0.39, 0.29) is 12.5 Å². The lowest BCUT2D eigenvalue weighted by Crippen LogP contribution is -2.30. The molecule has 168 valence electrons. The molecular weight excluding hydrogens is 420 g/mol. The van der Waals surface area contributed by atoms with Crippen molar-refractivity contribution in [2.24, 2.45) is 0 Å². The number of carbonyl (C=O) groups is 1. The molecule has 10 nitrogen and oxygen atoms in total. The van der Waals surface area contributed by atoms with Crippen molar-refractivity contribution in [2.75, 3.05) is 32.1 Å². The van der Waals surface area contributed by atoms with Crippen LogP contribution in [-0.2, 0) is 4.79 Å². The first-order chi connectivity index (χ1) is 16.0. The Morgan fingerprint density at radius 2 is 2.00 bits per heavy atom. The number of nitrogens with one attached hydrogen (secondary N) is 4. The van der Waals surface area contributed by atoms with Gasteiger partial charge in [-0.1, -0.05) is 0 Å². The summed E-state index contributed by atoms with van der Waals surface area (Å²) in [7, 11) is 2.02. The van der Waals surface area contributed by atoms with E-state index in [1.54, 1.807) is 18.3 Å². The molecule has 1 aliphatic heterocycles. The maximum absolute atomic E-state index is 12.2. The highest BCUT2D eigenvalue weighted by molar-refractivity contribution is 5.82. The van der Waals surface area contributed by atoms with Gasteiger partial charge in [0.2, 0.25) is 5.95 Å². The number of aromatic amines is 2. The van der Waals surface area contributed by atoms with Crippen molar-refractivity contribution in [1.29, 1.82) is 0 Å². The summed E-state index contributed by atoms with van der Waals surface area (Å²) in [6, 6.07) is 13.2. The van der Waals surface area contributed by atoms with Gasteiger partial charge in [0.15, 0.2) is 12.4 Å². The Bertz CT molecular complexity index is 1320. The molecule has 0 spiro atoms. The number of anilines is 2. The predicted molar refractivity (Wildman–Crippen MR) is 125 cm³/mol. The highest BCUT2D eigenvalue weighted by atomic mass is 16.5.